The molecule has 0 N–H and O–H groups in total. The van der Waals surface area contributed by atoms with Crippen molar-refractivity contribution in [3.63, 3.8) is 0 Å². The van der Waals surface area contributed by atoms with Gasteiger partial charge in [-0.2, -0.15) is 0 Å². The molecule has 0 aliphatic carbocycles. The largest absolute Gasteiger partial charge is 0.254 e. The van der Waals surface area contributed by atoms with Crippen molar-refractivity contribution in [1.29, 1.82) is 0 Å². The maximum atomic E-state index is 5.32. The number of rotatable bonds is 9. The number of nitrogens with zero attached hydrogens (tertiary/aromatic N) is 6. The highest BCUT2D eigenvalue weighted by Crippen LogP contribution is 2.43. The molecule has 0 radical (unpaired) electrons. The average Bonchev–Trinajstić information content (AvgIpc) is 0.733. The van der Waals surface area contributed by atoms with Crippen molar-refractivity contribution in [2.75, 3.05) is 0 Å². The second-order valence-electron chi connectivity index (χ2n) is 27.3. The predicted octanol–water partition coefficient (Wildman–Crippen LogP) is 26.3. The molecule has 492 valence electrons. The number of fused-ring (bicyclic) bond motifs is 12. The third kappa shape index (κ3) is 11.3. The van der Waals surface area contributed by atoms with Crippen molar-refractivity contribution in [2.45, 2.75) is 0 Å². The Labute approximate surface area is 611 Å². The van der Waals surface area contributed by atoms with E-state index in [-0.39, 0.29) is 0 Å². The van der Waals surface area contributed by atoms with E-state index in [0.717, 1.165) is 155 Å². The third-order valence-electron chi connectivity index (χ3n) is 20.8. The number of aromatic nitrogens is 6. The van der Waals surface area contributed by atoms with E-state index >= 15 is 0 Å². The van der Waals surface area contributed by atoms with E-state index in [0.29, 0.717) is 0 Å². The molecule has 21 rings (SSSR count). The number of pyridine rings is 6. The lowest BCUT2D eigenvalue weighted by Gasteiger charge is -2.14. The highest BCUT2D eigenvalue weighted by atomic mass is 14.8. The summed E-state index contributed by atoms with van der Waals surface area (Å²) in [6.07, 6.45) is 1.85. The number of para-hydroxylation sites is 2. The molecule has 106 heavy (non-hydrogen) atoms. The van der Waals surface area contributed by atoms with Gasteiger partial charge in [0.2, 0.25) is 0 Å². The Morgan fingerprint density at radius 3 is 0.953 bits per heavy atom. The summed E-state index contributed by atoms with van der Waals surface area (Å²) in [6.45, 7) is 0. The lowest BCUT2D eigenvalue weighted by Crippen LogP contribution is -1.94. The molecule has 0 aliphatic heterocycles. The average molecular weight is 1350 g/mol. The summed E-state index contributed by atoms with van der Waals surface area (Å²) in [5, 5.41) is 16.3. The molecule has 0 atom stereocenters. The lowest BCUT2D eigenvalue weighted by molar-refractivity contribution is 1.32. The van der Waals surface area contributed by atoms with Crippen LogP contribution < -0.4 is 0 Å². The van der Waals surface area contributed by atoms with E-state index in [1.165, 1.54) is 54.2 Å². The topological polar surface area (TPSA) is 77.3 Å². The summed E-state index contributed by atoms with van der Waals surface area (Å²) < 4.78 is 0. The summed E-state index contributed by atoms with van der Waals surface area (Å²) in [5.41, 5.74) is 24.8. The first-order valence-electron chi connectivity index (χ1n) is 35.9. The molecule has 0 fully saturated rings. The summed E-state index contributed by atoms with van der Waals surface area (Å²) >= 11 is 0. The van der Waals surface area contributed by atoms with Crippen LogP contribution in [-0.2, 0) is 0 Å². The van der Waals surface area contributed by atoms with Crippen LogP contribution in [0, 0.1) is 0 Å². The second kappa shape index (κ2) is 26.0. The summed E-state index contributed by atoms with van der Waals surface area (Å²) in [4.78, 5) is 30.9. The molecule has 6 heterocycles. The zero-order chi connectivity index (χ0) is 70.0. The highest BCUT2D eigenvalue weighted by molar-refractivity contribution is 6.18. The lowest BCUT2D eigenvalue weighted by atomic mass is 9.93. The molecular weight excluding hydrogens is 1290 g/mol. The van der Waals surface area contributed by atoms with Gasteiger partial charge in [0, 0.05) is 77.5 Å². The molecule has 0 spiro atoms. The maximum absolute atomic E-state index is 5.32. The van der Waals surface area contributed by atoms with Crippen molar-refractivity contribution in [1.82, 2.24) is 29.9 Å². The molecule has 0 aliphatic rings. The molecule has 15 aromatic carbocycles. The number of benzene rings is 15. The van der Waals surface area contributed by atoms with Crippen molar-refractivity contribution < 1.29 is 0 Å². The van der Waals surface area contributed by atoms with Crippen LogP contribution in [0.3, 0.4) is 0 Å². The summed E-state index contributed by atoms with van der Waals surface area (Å²) in [6, 6.07) is 131. The van der Waals surface area contributed by atoms with Crippen molar-refractivity contribution in [2.24, 2.45) is 0 Å². The van der Waals surface area contributed by atoms with Gasteiger partial charge in [-0.1, -0.05) is 297 Å². The second-order valence-corrected chi connectivity index (χ2v) is 27.3. The SMILES string of the molecule is c1ccc(-c2ccc3ccc4c(-c5ccc(-c6cc(-c7ccc8ccccc8c7)cc(-c7ccc8ccccc8c7)n6)cc5)c5ccccc5nc4c3n2)cc1.c1ccc2cc(-c3cc(-c4ccc(-c5c6ccccc6nc6c5ccc5cccnc56)cc4)nc(-c4ccc5ccccc5c4)c3)ccc2c1. The smallest absolute Gasteiger partial charge is 0.0978 e. The standard InChI is InChI=1S/C53H33N3.C47H29N3/c1-2-12-36(13-3-1)47-29-27-39-26-28-46-51(45-16-8-9-17-48(45)56-53(46)52(39)55-47)38-22-20-37(21-23-38)49-32-44(42-24-18-34-10-4-6-14-40(34)30-42)33-50(54-49)43-25-19-35-11-5-7-15-41(35)31-43;1-3-10-35-26-37(21-15-30(35)8-1)39-28-43(49-44(29-39)38-22-16-31-9-2-4-11-36(31)27-38)32-17-19-33(20-18-32)45-40-13-5-6-14-42(40)50-47-41(45)24-23-34-12-7-25-48-46(34)47/h1-33H;1-29H. The summed E-state index contributed by atoms with van der Waals surface area (Å²) in [5.74, 6) is 0. The normalized spacial score (nSPS) is 11.6. The van der Waals surface area contributed by atoms with Gasteiger partial charge < -0.3 is 0 Å². The zero-order valence-corrected chi connectivity index (χ0v) is 57.5. The minimum atomic E-state index is 0.905. The van der Waals surface area contributed by atoms with E-state index in [4.69, 9.17) is 29.9 Å². The molecule has 0 amide bonds. The number of hydrogen-bond donors (Lipinski definition) is 0. The van der Waals surface area contributed by atoms with Gasteiger partial charge in [0.1, 0.15) is 0 Å². The molecular formula is C100H62N6. The van der Waals surface area contributed by atoms with Gasteiger partial charge in [-0.25, -0.2) is 24.9 Å². The third-order valence-corrected chi connectivity index (χ3v) is 20.8. The van der Waals surface area contributed by atoms with E-state index < -0.39 is 0 Å². The van der Waals surface area contributed by atoms with Crippen LogP contribution in [0.15, 0.2) is 376 Å². The molecule has 0 bridgehead atoms. The van der Waals surface area contributed by atoms with Crippen LogP contribution in [0.5, 0.6) is 0 Å². The van der Waals surface area contributed by atoms with Crippen molar-refractivity contribution in [3.05, 3.63) is 376 Å². The van der Waals surface area contributed by atoms with Crippen LogP contribution in [0.25, 0.3) is 209 Å². The Bertz CT molecular complexity index is 6880. The molecule has 0 saturated carbocycles. The molecule has 6 nitrogen and oxygen atoms in total. The van der Waals surface area contributed by atoms with E-state index in [9.17, 15) is 0 Å². The molecule has 0 unspecified atom stereocenters. The Hall–Kier alpha value is -14.2. The van der Waals surface area contributed by atoms with Gasteiger partial charge >= 0.3 is 0 Å². The zero-order valence-electron chi connectivity index (χ0n) is 57.5. The van der Waals surface area contributed by atoms with Crippen LogP contribution >= 0.6 is 0 Å². The van der Waals surface area contributed by atoms with E-state index in [1.54, 1.807) is 0 Å². The Kier molecular flexibility index (Phi) is 15.1. The maximum Gasteiger partial charge on any atom is 0.0978 e. The van der Waals surface area contributed by atoms with Gasteiger partial charge in [-0.05, 0) is 149 Å². The predicted molar refractivity (Wildman–Crippen MR) is 444 cm³/mol. The van der Waals surface area contributed by atoms with Crippen molar-refractivity contribution in [3.8, 4) is 101 Å². The first kappa shape index (κ1) is 61.7. The van der Waals surface area contributed by atoms with Gasteiger partial charge in [-0.3, -0.25) is 4.98 Å². The minimum Gasteiger partial charge on any atom is -0.254 e. The Morgan fingerprint density at radius 1 is 0.151 bits per heavy atom. The first-order chi connectivity index (χ1) is 52.5. The van der Waals surface area contributed by atoms with E-state index in [2.05, 4.69) is 352 Å². The quantitative estimate of drug-likeness (QED) is 0.106. The Balaban J connectivity index is 0.000000141. The fourth-order valence-electron chi connectivity index (χ4n) is 15.5. The Morgan fingerprint density at radius 2 is 0.481 bits per heavy atom. The van der Waals surface area contributed by atoms with Crippen LogP contribution in [0.2, 0.25) is 0 Å². The van der Waals surface area contributed by atoms with Gasteiger partial charge in [0.15, 0.2) is 0 Å². The van der Waals surface area contributed by atoms with Crippen molar-refractivity contribution >= 4 is 109 Å². The summed E-state index contributed by atoms with van der Waals surface area (Å²) in [7, 11) is 0. The van der Waals surface area contributed by atoms with Gasteiger partial charge in [0.25, 0.3) is 0 Å². The monoisotopic (exact) mass is 1350 g/mol. The fraction of sp³-hybridized carbons (Fsp3) is 0. The number of hydrogen-bond acceptors (Lipinski definition) is 6. The van der Waals surface area contributed by atoms with Gasteiger partial charge in [0.05, 0.1) is 61.6 Å². The van der Waals surface area contributed by atoms with Crippen LogP contribution in [-0.4, -0.2) is 29.9 Å². The molecule has 6 heteroatoms. The molecule has 0 saturated heterocycles. The van der Waals surface area contributed by atoms with Crippen LogP contribution in [0.4, 0.5) is 0 Å². The minimum absolute atomic E-state index is 0.905. The molecule has 21 aromatic rings. The van der Waals surface area contributed by atoms with Gasteiger partial charge in [-0.15, -0.1) is 0 Å². The van der Waals surface area contributed by atoms with E-state index in [1.807, 2.05) is 24.4 Å². The highest BCUT2D eigenvalue weighted by Gasteiger charge is 2.20. The van der Waals surface area contributed by atoms with Crippen LogP contribution in [0.1, 0.15) is 0 Å². The fourth-order valence-corrected chi connectivity index (χ4v) is 15.5. The molecule has 6 aromatic heterocycles. The first-order valence-corrected chi connectivity index (χ1v) is 35.9.